The van der Waals surface area contributed by atoms with Crippen molar-refractivity contribution >= 4 is 34.0 Å². The minimum atomic E-state index is -3.45. The molecule has 2 aromatic carbocycles. The lowest BCUT2D eigenvalue weighted by Crippen LogP contribution is -2.41. The molecular weight excluding hydrogens is 489 g/mol. The van der Waals surface area contributed by atoms with Crippen LogP contribution >= 0.6 is 0 Å². The Hall–Kier alpha value is -3.02. The van der Waals surface area contributed by atoms with Gasteiger partial charge in [0.2, 0.25) is 10.9 Å². The van der Waals surface area contributed by atoms with Crippen molar-refractivity contribution in [3.63, 3.8) is 0 Å². The van der Waals surface area contributed by atoms with Crippen LogP contribution in [-0.2, 0) is 15.7 Å². The van der Waals surface area contributed by atoms with Crippen LogP contribution in [0.4, 0.5) is 15.8 Å². The van der Waals surface area contributed by atoms with E-state index in [0.717, 1.165) is 41.4 Å². The molecule has 3 aliphatic rings. The molecule has 0 amide bonds. The van der Waals surface area contributed by atoms with Crippen molar-refractivity contribution < 1.29 is 32.2 Å². The number of Topliss-reactive ketones (excluding diaryl/α,β-unsaturated/α-hetero) is 1. The summed E-state index contributed by atoms with van der Waals surface area (Å²) >= 11 is 0. The molecule has 1 saturated heterocycles. The number of carboxylic acid groups (broad SMARTS) is 1. The molecule has 3 unspecified atom stereocenters. The van der Waals surface area contributed by atoms with Crippen LogP contribution in [0.1, 0.15) is 59.6 Å². The highest BCUT2D eigenvalue weighted by Crippen LogP contribution is 2.56. The molecule has 2 heterocycles. The molecule has 9 nitrogen and oxygen atoms in total. The predicted octanol–water partition coefficient (Wildman–Crippen LogP) is 2.74. The fourth-order valence-corrected chi connectivity index (χ4v) is 6.28. The molecule has 0 radical (unpaired) electrons. The van der Waals surface area contributed by atoms with Crippen LogP contribution < -0.4 is 14.8 Å². The molecule has 1 saturated carbocycles. The Bertz CT molecular complexity index is 1310. The summed E-state index contributed by atoms with van der Waals surface area (Å²) in [5, 5.41) is 10.1. The number of likely N-dealkylation sites (tertiary alicyclic amines) is 1. The Morgan fingerprint density at radius 3 is 2.72 bits per heavy atom. The first kappa shape index (κ1) is 24.7. The maximum Gasteiger partial charge on any atom is 0.341 e. The number of nitrogens with two attached hydrogens (primary N) is 1. The third-order valence-electron chi connectivity index (χ3n) is 7.49. The van der Waals surface area contributed by atoms with Crippen molar-refractivity contribution in [2.75, 3.05) is 24.0 Å². The van der Waals surface area contributed by atoms with E-state index >= 15 is 0 Å². The zero-order valence-corrected chi connectivity index (χ0v) is 20.6. The molecule has 5 rings (SSSR count). The second-order valence-electron chi connectivity index (χ2n) is 9.52. The van der Waals surface area contributed by atoms with Crippen molar-refractivity contribution in [3.8, 4) is 5.75 Å². The third-order valence-corrected chi connectivity index (χ3v) is 8.25. The lowest BCUT2D eigenvalue weighted by atomic mass is 9.95. The fourth-order valence-electron chi connectivity index (χ4n) is 5.58. The number of ether oxygens (including phenoxy) is 1. The number of nitrogens with zero attached hydrogens (tertiary/aromatic N) is 2. The first-order chi connectivity index (χ1) is 17.2. The van der Waals surface area contributed by atoms with Gasteiger partial charge in [-0.3, -0.25) is 9.69 Å². The number of thiol groups is 1. The number of benzene rings is 2. The van der Waals surface area contributed by atoms with Gasteiger partial charge in [-0.2, -0.15) is 0 Å². The molecule has 2 aliphatic heterocycles. The highest BCUT2D eigenvalue weighted by Gasteiger charge is 2.46. The van der Waals surface area contributed by atoms with Crippen LogP contribution in [-0.4, -0.2) is 55.9 Å². The van der Waals surface area contributed by atoms with Crippen LogP contribution in [0.5, 0.6) is 5.75 Å². The molecule has 3 N–H and O–H groups in total. The SMILES string of the molecule is CCN1CCC[C@H]1C(=O)C(N)c1cc(F)ccc1N(c1ccc2c(c1C(=O)O)OCC1CC21)[SH](=O)=O. The second kappa shape index (κ2) is 9.45. The maximum absolute atomic E-state index is 14.4. The fraction of sp³-hybridized carbons (Fsp3) is 0.440. The largest absolute Gasteiger partial charge is 0.492 e. The van der Waals surface area contributed by atoms with Gasteiger partial charge in [0.25, 0.3) is 0 Å². The predicted molar refractivity (Wildman–Crippen MR) is 131 cm³/mol. The van der Waals surface area contributed by atoms with E-state index in [0.29, 0.717) is 25.5 Å². The number of carbonyl (C=O) groups excluding carboxylic acids is 1. The summed E-state index contributed by atoms with van der Waals surface area (Å²) < 4.78 is 46.1. The number of halogens is 1. The van der Waals surface area contributed by atoms with E-state index in [4.69, 9.17) is 10.5 Å². The Kier molecular flexibility index (Phi) is 6.48. The Labute approximate surface area is 209 Å². The average Bonchev–Trinajstić information content (AvgIpc) is 3.50. The first-order valence-electron chi connectivity index (χ1n) is 12.0. The van der Waals surface area contributed by atoms with Gasteiger partial charge in [-0.15, -0.1) is 0 Å². The van der Waals surface area contributed by atoms with E-state index in [-0.39, 0.29) is 40.0 Å². The van der Waals surface area contributed by atoms with E-state index in [2.05, 4.69) is 0 Å². The molecule has 11 heteroatoms. The normalized spacial score (nSPS) is 23.5. The monoisotopic (exact) mass is 517 g/mol. The average molecular weight is 518 g/mol. The Morgan fingerprint density at radius 2 is 2.03 bits per heavy atom. The Balaban J connectivity index is 1.62. The number of rotatable bonds is 8. The lowest BCUT2D eigenvalue weighted by Gasteiger charge is -2.29. The standard InChI is InChI=1S/C25H28FN3O6S/c1-2-28-9-3-4-20(28)23(30)22(27)17-11-14(26)5-7-18(17)29(36(33)34)19-8-6-15-16-10-13(16)12-35-24(15)21(19)25(31)32/h5-8,11,13,16,20,22,36H,2-4,9-10,12,27H2,1H3,(H,31,32)/t13?,16?,20-,22?/m0/s1. The van der Waals surface area contributed by atoms with Gasteiger partial charge in [0.15, 0.2) is 5.78 Å². The number of likely N-dealkylation sites (N-methyl/N-ethyl adjacent to an activating group) is 1. The summed E-state index contributed by atoms with van der Waals surface area (Å²) in [5.41, 5.74) is 6.54. The second-order valence-corrected chi connectivity index (χ2v) is 10.4. The summed E-state index contributed by atoms with van der Waals surface area (Å²) in [6.45, 7) is 3.69. The van der Waals surface area contributed by atoms with Crippen molar-refractivity contribution in [1.29, 1.82) is 0 Å². The zero-order chi connectivity index (χ0) is 25.7. The summed E-state index contributed by atoms with van der Waals surface area (Å²) in [6, 6.07) is 4.65. The molecule has 2 aromatic rings. The van der Waals surface area contributed by atoms with Gasteiger partial charge in [0, 0.05) is 11.5 Å². The molecule has 2 fully saturated rings. The highest BCUT2D eigenvalue weighted by molar-refractivity contribution is 7.74. The first-order valence-corrected chi connectivity index (χ1v) is 13.2. The van der Waals surface area contributed by atoms with Crippen LogP contribution in [0.25, 0.3) is 0 Å². The molecule has 36 heavy (non-hydrogen) atoms. The van der Waals surface area contributed by atoms with Gasteiger partial charge >= 0.3 is 5.97 Å². The topological polar surface area (TPSA) is 130 Å². The van der Waals surface area contributed by atoms with E-state index in [1.54, 1.807) is 6.07 Å². The van der Waals surface area contributed by atoms with Crippen molar-refractivity contribution in [1.82, 2.24) is 4.90 Å². The van der Waals surface area contributed by atoms with Crippen LogP contribution in [0.2, 0.25) is 0 Å². The van der Waals surface area contributed by atoms with Crippen molar-refractivity contribution in [2.45, 2.75) is 44.2 Å². The third kappa shape index (κ3) is 4.14. The summed E-state index contributed by atoms with van der Waals surface area (Å²) in [7, 11) is -3.45. The van der Waals surface area contributed by atoms with E-state index < -0.39 is 34.8 Å². The van der Waals surface area contributed by atoms with Crippen LogP contribution in [0.15, 0.2) is 30.3 Å². The molecule has 0 aromatic heterocycles. The van der Waals surface area contributed by atoms with Crippen molar-refractivity contribution in [2.24, 2.45) is 11.7 Å². The van der Waals surface area contributed by atoms with Crippen LogP contribution in [0.3, 0.4) is 0 Å². The summed E-state index contributed by atoms with van der Waals surface area (Å²) in [6.07, 6.45) is 2.32. The minimum Gasteiger partial charge on any atom is -0.492 e. The zero-order valence-electron chi connectivity index (χ0n) is 19.7. The number of hydrogen-bond donors (Lipinski definition) is 3. The van der Waals surface area contributed by atoms with E-state index in [9.17, 15) is 27.5 Å². The van der Waals surface area contributed by atoms with Gasteiger partial charge in [-0.05, 0) is 68.1 Å². The lowest BCUT2D eigenvalue weighted by molar-refractivity contribution is -0.124. The number of hydrogen-bond acceptors (Lipinski definition) is 7. The van der Waals surface area contributed by atoms with Crippen LogP contribution in [0, 0.1) is 11.7 Å². The minimum absolute atomic E-state index is 0.0283. The number of carboxylic acids is 1. The molecule has 1 aliphatic carbocycles. The van der Waals surface area contributed by atoms with Gasteiger partial charge in [0.05, 0.1) is 30.1 Å². The number of anilines is 2. The van der Waals surface area contributed by atoms with E-state index in [1.807, 2.05) is 11.8 Å². The van der Waals surface area contributed by atoms with Gasteiger partial charge < -0.3 is 15.6 Å². The van der Waals surface area contributed by atoms with Gasteiger partial charge in [0.1, 0.15) is 17.1 Å². The quantitative estimate of drug-likeness (QED) is 0.456. The summed E-state index contributed by atoms with van der Waals surface area (Å²) in [5.74, 6) is -1.71. The van der Waals surface area contributed by atoms with Crippen molar-refractivity contribution in [3.05, 3.63) is 52.8 Å². The smallest absolute Gasteiger partial charge is 0.341 e. The molecule has 0 bridgehead atoms. The molecular formula is C25H28FN3O6S. The molecule has 192 valence electrons. The Morgan fingerprint density at radius 1 is 1.28 bits per heavy atom. The van der Waals surface area contributed by atoms with Gasteiger partial charge in [-0.1, -0.05) is 13.0 Å². The summed E-state index contributed by atoms with van der Waals surface area (Å²) in [4.78, 5) is 27.7. The molecule has 0 spiro atoms. The number of aromatic carboxylic acids is 1. The number of fused-ring (bicyclic) bond motifs is 3. The maximum atomic E-state index is 14.4. The highest BCUT2D eigenvalue weighted by atomic mass is 32.2. The number of carbonyl (C=O) groups is 2. The molecule has 4 atom stereocenters. The number of ketones is 1. The van der Waals surface area contributed by atoms with Gasteiger partial charge in [-0.25, -0.2) is 21.9 Å². The van der Waals surface area contributed by atoms with E-state index in [1.165, 1.54) is 12.1 Å².